The van der Waals surface area contributed by atoms with Crippen molar-refractivity contribution in [1.82, 2.24) is 4.90 Å². The third kappa shape index (κ3) is 3.90. The first-order valence-corrected chi connectivity index (χ1v) is 4.89. The molecule has 1 nitrogen and oxygen atoms in total. The Hall–Kier alpha value is -1.70. The lowest BCUT2D eigenvalue weighted by atomic mass is 10.1. The molecule has 0 N–H and O–H groups in total. The largest absolute Gasteiger partial charge is 0.299 e. The summed E-state index contributed by atoms with van der Waals surface area (Å²) >= 11 is 0. The predicted molar refractivity (Wildman–Crippen MR) is 64.4 cm³/mol. The van der Waals surface area contributed by atoms with E-state index in [1.165, 1.54) is 0 Å². The van der Waals surface area contributed by atoms with Gasteiger partial charge in [-0.05, 0) is 33.2 Å². The van der Waals surface area contributed by atoms with E-state index in [2.05, 4.69) is 23.7 Å². The molecule has 0 aliphatic rings. The summed E-state index contributed by atoms with van der Waals surface area (Å²) in [6, 6.07) is 7.97. The van der Waals surface area contributed by atoms with Crippen molar-refractivity contribution in [2.75, 3.05) is 20.6 Å². The van der Waals surface area contributed by atoms with Crippen molar-refractivity contribution in [2.24, 2.45) is 0 Å². The topological polar surface area (TPSA) is 3.24 Å². The summed E-state index contributed by atoms with van der Waals surface area (Å²) in [5.41, 5.74) is 2.01. The Bertz CT molecular complexity index is 436. The van der Waals surface area contributed by atoms with Crippen molar-refractivity contribution in [3.8, 4) is 23.7 Å². The number of benzene rings is 1. The maximum Gasteiger partial charge on any atom is 0.0600 e. The van der Waals surface area contributed by atoms with E-state index in [4.69, 9.17) is 0 Å². The Kier molecular flexibility index (Phi) is 4.48. The molecular formula is C14H15N. The van der Waals surface area contributed by atoms with E-state index in [1.807, 2.05) is 50.2 Å². The van der Waals surface area contributed by atoms with Crippen molar-refractivity contribution < 1.29 is 0 Å². The molecule has 1 aromatic carbocycles. The monoisotopic (exact) mass is 197 g/mol. The zero-order chi connectivity index (χ0) is 11.1. The van der Waals surface area contributed by atoms with Crippen LogP contribution >= 0.6 is 0 Å². The highest BCUT2D eigenvalue weighted by atomic mass is 15.0. The van der Waals surface area contributed by atoms with Gasteiger partial charge in [0.05, 0.1) is 6.54 Å². The van der Waals surface area contributed by atoms with E-state index in [0.29, 0.717) is 0 Å². The van der Waals surface area contributed by atoms with Crippen LogP contribution in [0.3, 0.4) is 0 Å². The molecule has 0 saturated carbocycles. The van der Waals surface area contributed by atoms with Crippen molar-refractivity contribution in [3.05, 3.63) is 35.4 Å². The van der Waals surface area contributed by atoms with E-state index in [-0.39, 0.29) is 0 Å². The van der Waals surface area contributed by atoms with Gasteiger partial charge in [0.1, 0.15) is 0 Å². The number of rotatable bonds is 1. The van der Waals surface area contributed by atoms with Crippen LogP contribution in [-0.4, -0.2) is 25.5 Å². The average Bonchev–Trinajstić information content (AvgIpc) is 2.20. The molecule has 1 heteroatoms. The van der Waals surface area contributed by atoms with Gasteiger partial charge in [-0.15, -0.1) is 5.92 Å². The second-order valence-electron chi connectivity index (χ2n) is 3.46. The molecule has 76 valence electrons. The second kappa shape index (κ2) is 5.91. The van der Waals surface area contributed by atoms with E-state index >= 15 is 0 Å². The highest BCUT2D eigenvalue weighted by Gasteiger charge is 1.93. The molecule has 0 unspecified atom stereocenters. The van der Waals surface area contributed by atoms with Gasteiger partial charge < -0.3 is 0 Å². The Labute approximate surface area is 92.1 Å². The maximum atomic E-state index is 3.14. The van der Waals surface area contributed by atoms with Crippen LogP contribution in [0.25, 0.3) is 0 Å². The molecule has 0 saturated heterocycles. The van der Waals surface area contributed by atoms with Crippen LogP contribution in [0.2, 0.25) is 0 Å². The minimum absolute atomic E-state index is 0.772. The Balaban J connectivity index is 2.90. The van der Waals surface area contributed by atoms with Gasteiger partial charge in [-0.25, -0.2) is 0 Å². The van der Waals surface area contributed by atoms with Crippen LogP contribution in [0.4, 0.5) is 0 Å². The standard InChI is InChI=1S/C14H15N/c1-4-8-13-9-5-6-10-14(13)11-7-12-15(2)3/h5-6,9-10H,12H2,1-3H3. The lowest BCUT2D eigenvalue weighted by Crippen LogP contribution is -2.10. The molecule has 1 aromatic rings. The molecule has 0 aliphatic heterocycles. The summed E-state index contributed by atoms with van der Waals surface area (Å²) < 4.78 is 0. The minimum atomic E-state index is 0.772. The molecule has 0 aromatic heterocycles. The van der Waals surface area contributed by atoms with Crippen LogP contribution in [0.1, 0.15) is 18.1 Å². The Morgan fingerprint density at radius 2 is 1.67 bits per heavy atom. The normalized spacial score (nSPS) is 8.80. The van der Waals surface area contributed by atoms with Crippen LogP contribution in [-0.2, 0) is 0 Å². The molecule has 0 bridgehead atoms. The first-order valence-electron chi connectivity index (χ1n) is 4.89. The molecule has 0 heterocycles. The zero-order valence-corrected chi connectivity index (χ0v) is 9.46. The van der Waals surface area contributed by atoms with Gasteiger partial charge in [0.2, 0.25) is 0 Å². The lowest BCUT2D eigenvalue weighted by molar-refractivity contribution is 0.464. The first kappa shape index (κ1) is 11.4. The predicted octanol–water partition coefficient (Wildman–Crippen LogP) is 1.97. The van der Waals surface area contributed by atoms with E-state index in [0.717, 1.165) is 17.7 Å². The summed E-state index contributed by atoms with van der Waals surface area (Å²) in [5.74, 6) is 12.2. The van der Waals surface area contributed by atoms with Gasteiger partial charge in [-0.1, -0.05) is 29.9 Å². The quantitative estimate of drug-likeness (QED) is 0.622. The number of hydrogen-bond donors (Lipinski definition) is 0. The smallest absolute Gasteiger partial charge is 0.0600 e. The summed E-state index contributed by atoms with van der Waals surface area (Å²) in [6.45, 7) is 2.61. The highest BCUT2D eigenvalue weighted by molar-refractivity contribution is 5.49. The van der Waals surface area contributed by atoms with E-state index < -0.39 is 0 Å². The van der Waals surface area contributed by atoms with Crippen LogP contribution in [0, 0.1) is 23.7 Å². The third-order valence-electron chi connectivity index (χ3n) is 1.81. The third-order valence-corrected chi connectivity index (χ3v) is 1.81. The summed E-state index contributed by atoms with van der Waals surface area (Å²) in [5, 5.41) is 0. The first-order chi connectivity index (χ1) is 7.24. The lowest BCUT2D eigenvalue weighted by Gasteiger charge is -2.01. The fraction of sp³-hybridized carbons (Fsp3) is 0.286. The van der Waals surface area contributed by atoms with Crippen molar-refractivity contribution in [3.63, 3.8) is 0 Å². The number of nitrogens with zero attached hydrogens (tertiary/aromatic N) is 1. The van der Waals surface area contributed by atoms with Crippen molar-refractivity contribution >= 4 is 0 Å². The molecule has 0 aliphatic carbocycles. The SMILES string of the molecule is CC#Cc1ccccc1C#CCN(C)C. The van der Waals surface area contributed by atoms with Gasteiger partial charge in [-0.3, -0.25) is 4.90 Å². The molecule has 1 rings (SSSR count). The minimum Gasteiger partial charge on any atom is -0.299 e. The molecule has 0 amide bonds. The summed E-state index contributed by atoms with van der Waals surface area (Å²) in [6.07, 6.45) is 0. The van der Waals surface area contributed by atoms with Crippen LogP contribution in [0.15, 0.2) is 24.3 Å². The highest BCUT2D eigenvalue weighted by Crippen LogP contribution is 2.04. The van der Waals surface area contributed by atoms with Gasteiger partial charge in [0.25, 0.3) is 0 Å². The van der Waals surface area contributed by atoms with Gasteiger partial charge in [0, 0.05) is 11.1 Å². The van der Waals surface area contributed by atoms with Gasteiger partial charge in [0.15, 0.2) is 0 Å². The second-order valence-corrected chi connectivity index (χ2v) is 3.46. The van der Waals surface area contributed by atoms with Crippen LogP contribution in [0.5, 0.6) is 0 Å². The number of hydrogen-bond acceptors (Lipinski definition) is 1. The average molecular weight is 197 g/mol. The fourth-order valence-electron chi connectivity index (χ4n) is 1.13. The molecule has 15 heavy (non-hydrogen) atoms. The molecular weight excluding hydrogens is 182 g/mol. The molecule has 0 fully saturated rings. The molecule has 0 atom stereocenters. The molecule has 0 radical (unpaired) electrons. The Morgan fingerprint density at radius 1 is 1.07 bits per heavy atom. The van der Waals surface area contributed by atoms with Crippen molar-refractivity contribution in [1.29, 1.82) is 0 Å². The Morgan fingerprint density at radius 3 is 2.20 bits per heavy atom. The van der Waals surface area contributed by atoms with E-state index in [1.54, 1.807) is 0 Å². The van der Waals surface area contributed by atoms with Crippen molar-refractivity contribution in [2.45, 2.75) is 6.92 Å². The van der Waals surface area contributed by atoms with Gasteiger partial charge >= 0.3 is 0 Å². The van der Waals surface area contributed by atoms with Crippen LogP contribution < -0.4 is 0 Å². The molecule has 0 spiro atoms. The fourth-order valence-corrected chi connectivity index (χ4v) is 1.13. The maximum absolute atomic E-state index is 3.14. The summed E-state index contributed by atoms with van der Waals surface area (Å²) in [4.78, 5) is 2.04. The van der Waals surface area contributed by atoms with E-state index in [9.17, 15) is 0 Å². The summed E-state index contributed by atoms with van der Waals surface area (Å²) in [7, 11) is 4.01. The zero-order valence-electron chi connectivity index (χ0n) is 9.46. The van der Waals surface area contributed by atoms with Gasteiger partial charge in [-0.2, -0.15) is 0 Å².